The third-order valence-corrected chi connectivity index (χ3v) is 7.06. The zero-order valence-corrected chi connectivity index (χ0v) is 22.7. The molecule has 198 valence electrons. The average molecular weight is 555 g/mol. The van der Waals surface area contributed by atoms with Gasteiger partial charge < -0.3 is 14.2 Å². The molecule has 1 heterocycles. The van der Waals surface area contributed by atoms with Crippen LogP contribution in [0.4, 0.5) is 0 Å². The van der Waals surface area contributed by atoms with Gasteiger partial charge in [0.05, 0.1) is 13.7 Å². The molecule has 11 heteroatoms. The Balaban J connectivity index is 1.58. The van der Waals surface area contributed by atoms with E-state index in [9.17, 15) is 10.1 Å². The van der Waals surface area contributed by atoms with Crippen LogP contribution in [0.15, 0.2) is 71.9 Å². The van der Waals surface area contributed by atoms with Gasteiger partial charge in [-0.1, -0.05) is 41.6 Å². The SMILES string of the molecule is CCOc1ccc(-n2c(C)nnc2S[C@@H](C[N+](=O)[O-])c2ccc(OCc3ccc(Cl)cc3)c(OC)c2)cc1. The Kier molecular flexibility index (Phi) is 9.09. The van der Waals surface area contributed by atoms with Crippen molar-refractivity contribution in [3.05, 3.63) is 98.8 Å². The number of thioether (sulfide) groups is 1. The molecule has 4 rings (SSSR count). The van der Waals surface area contributed by atoms with Crippen molar-refractivity contribution in [1.29, 1.82) is 0 Å². The molecule has 0 spiro atoms. The summed E-state index contributed by atoms with van der Waals surface area (Å²) in [6, 6.07) is 20.3. The molecule has 1 aromatic heterocycles. The van der Waals surface area contributed by atoms with E-state index in [-0.39, 0.29) is 11.5 Å². The van der Waals surface area contributed by atoms with Gasteiger partial charge in [0.1, 0.15) is 23.4 Å². The Morgan fingerprint density at radius 2 is 1.76 bits per heavy atom. The van der Waals surface area contributed by atoms with Crippen molar-refractivity contribution in [2.75, 3.05) is 20.3 Å². The Bertz CT molecular complexity index is 1380. The van der Waals surface area contributed by atoms with E-state index < -0.39 is 5.25 Å². The number of rotatable bonds is 12. The third kappa shape index (κ3) is 6.76. The molecule has 0 aliphatic heterocycles. The van der Waals surface area contributed by atoms with Crippen molar-refractivity contribution in [3.63, 3.8) is 0 Å². The van der Waals surface area contributed by atoms with Gasteiger partial charge in [-0.3, -0.25) is 14.7 Å². The van der Waals surface area contributed by atoms with Gasteiger partial charge in [-0.15, -0.1) is 10.2 Å². The van der Waals surface area contributed by atoms with Crippen molar-refractivity contribution >= 4 is 23.4 Å². The summed E-state index contributed by atoms with van der Waals surface area (Å²) >= 11 is 7.23. The first kappa shape index (κ1) is 27.3. The number of methoxy groups -OCH3 is 1. The highest BCUT2D eigenvalue weighted by atomic mass is 35.5. The molecule has 0 aliphatic rings. The van der Waals surface area contributed by atoms with Crippen LogP contribution >= 0.6 is 23.4 Å². The minimum atomic E-state index is -0.547. The van der Waals surface area contributed by atoms with Gasteiger partial charge in [-0.05, 0) is 73.5 Å². The highest BCUT2D eigenvalue weighted by Crippen LogP contribution is 2.39. The van der Waals surface area contributed by atoms with Crippen molar-refractivity contribution in [1.82, 2.24) is 14.8 Å². The molecule has 4 aromatic rings. The van der Waals surface area contributed by atoms with Crippen LogP contribution < -0.4 is 14.2 Å². The van der Waals surface area contributed by atoms with Crippen LogP contribution in [0.1, 0.15) is 29.1 Å². The van der Waals surface area contributed by atoms with E-state index in [1.807, 2.05) is 60.9 Å². The van der Waals surface area contributed by atoms with Crippen molar-refractivity contribution < 1.29 is 19.1 Å². The molecule has 0 aliphatic carbocycles. The lowest BCUT2D eigenvalue weighted by Gasteiger charge is -2.17. The second-order valence-electron chi connectivity index (χ2n) is 8.24. The van der Waals surface area contributed by atoms with Crippen LogP contribution in [0.5, 0.6) is 17.2 Å². The smallest absolute Gasteiger partial charge is 0.220 e. The lowest BCUT2D eigenvalue weighted by atomic mass is 10.1. The van der Waals surface area contributed by atoms with Gasteiger partial charge >= 0.3 is 0 Å². The van der Waals surface area contributed by atoms with E-state index in [0.29, 0.717) is 46.3 Å². The Morgan fingerprint density at radius 1 is 1.03 bits per heavy atom. The summed E-state index contributed by atoms with van der Waals surface area (Å²) < 4.78 is 18.9. The first-order valence-corrected chi connectivity index (χ1v) is 13.1. The zero-order chi connectivity index (χ0) is 27.1. The van der Waals surface area contributed by atoms with Gasteiger partial charge in [0.15, 0.2) is 16.7 Å². The molecule has 38 heavy (non-hydrogen) atoms. The number of ether oxygens (including phenoxy) is 3. The molecule has 1 atom stereocenters. The monoisotopic (exact) mass is 554 g/mol. The fraction of sp³-hybridized carbons (Fsp3) is 0.259. The van der Waals surface area contributed by atoms with Crippen LogP contribution in [-0.2, 0) is 6.61 Å². The first-order chi connectivity index (χ1) is 18.4. The van der Waals surface area contributed by atoms with Gasteiger partial charge in [-0.2, -0.15) is 0 Å². The summed E-state index contributed by atoms with van der Waals surface area (Å²) in [6.07, 6.45) is 0. The lowest BCUT2D eigenvalue weighted by Crippen LogP contribution is -2.11. The number of halogens is 1. The fourth-order valence-electron chi connectivity index (χ4n) is 3.79. The Hall–Kier alpha value is -3.76. The van der Waals surface area contributed by atoms with Crippen LogP contribution in [0.3, 0.4) is 0 Å². The molecule has 0 unspecified atom stereocenters. The molecule has 3 aromatic carbocycles. The van der Waals surface area contributed by atoms with E-state index in [2.05, 4.69) is 10.2 Å². The Labute approximate surface area is 229 Å². The number of aryl methyl sites for hydroxylation is 1. The molecule has 0 N–H and O–H groups in total. The molecule has 0 radical (unpaired) electrons. The van der Waals surface area contributed by atoms with E-state index in [4.69, 9.17) is 25.8 Å². The predicted octanol–water partition coefficient (Wildman–Crippen LogP) is 6.33. The van der Waals surface area contributed by atoms with Crippen LogP contribution in [0.25, 0.3) is 5.69 Å². The number of hydrogen-bond acceptors (Lipinski definition) is 8. The summed E-state index contributed by atoms with van der Waals surface area (Å²) in [7, 11) is 1.54. The van der Waals surface area contributed by atoms with E-state index in [1.165, 1.54) is 18.9 Å². The number of nitrogens with zero attached hydrogens (tertiary/aromatic N) is 4. The zero-order valence-electron chi connectivity index (χ0n) is 21.2. The van der Waals surface area contributed by atoms with E-state index in [0.717, 1.165) is 17.0 Å². The molecule has 0 saturated heterocycles. The van der Waals surface area contributed by atoms with Crippen molar-refractivity contribution in [2.45, 2.75) is 30.9 Å². The highest BCUT2D eigenvalue weighted by Gasteiger charge is 2.25. The summed E-state index contributed by atoms with van der Waals surface area (Å²) in [5.41, 5.74) is 2.49. The maximum Gasteiger partial charge on any atom is 0.220 e. The molecule has 9 nitrogen and oxygen atoms in total. The van der Waals surface area contributed by atoms with Gasteiger partial charge in [-0.25, -0.2) is 0 Å². The summed E-state index contributed by atoms with van der Waals surface area (Å²) in [4.78, 5) is 11.3. The summed E-state index contributed by atoms with van der Waals surface area (Å²) in [5.74, 6) is 2.44. The van der Waals surface area contributed by atoms with E-state index in [1.54, 1.807) is 24.3 Å². The molecular weight excluding hydrogens is 528 g/mol. The quantitative estimate of drug-likeness (QED) is 0.114. The Morgan fingerprint density at radius 3 is 2.42 bits per heavy atom. The third-order valence-electron chi connectivity index (χ3n) is 5.63. The van der Waals surface area contributed by atoms with Crippen LogP contribution in [-0.4, -0.2) is 39.9 Å². The molecule has 0 amide bonds. The average Bonchev–Trinajstić information content (AvgIpc) is 3.28. The van der Waals surface area contributed by atoms with Crippen LogP contribution in [0, 0.1) is 17.0 Å². The normalized spacial score (nSPS) is 11.7. The molecule has 0 saturated carbocycles. The first-order valence-electron chi connectivity index (χ1n) is 11.9. The predicted molar refractivity (Wildman–Crippen MR) is 147 cm³/mol. The topological polar surface area (TPSA) is 102 Å². The number of benzene rings is 3. The summed E-state index contributed by atoms with van der Waals surface area (Å²) in [5, 5.41) is 20.8. The molecule has 0 bridgehead atoms. The van der Waals surface area contributed by atoms with Gasteiger partial charge in [0.25, 0.3) is 0 Å². The fourth-order valence-corrected chi connectivity index (χ4v) is 5.08. The minimum absolute atomic E-state index is 0.312. The van der Waals surface area contributed by atoms with Gasteiger partial charge in [0, 0.05) is 15.6 Å². The molecule has 0 fully saturated rings. The minimum Gasteiger partial charge on any atom is -0.494 e. The second kappa shape index (κ2) is 12.7. The van der Waals surface area contributed by atoms with Crippen molar-refractivity contribution in [3.8, 4) is 22.9 Å². The molecular formula is C27H27ClN4O5S. The standard InChI is InChI=1S/C27H27ClN4O5S/c1-4-36-23-12-10-22(11-13-23)32-18(2)29-30-27(32)38-26(16-31(33)34)20-7-14-24(25(15-20)35-3)37-17-19-5-8-21(28)9-6-19/h5-15,26H,4,16-17H2,1-3H3/t26-/m0/s1. The second-order valence-corrected chi connectivity index (χ2v) is 9.85. The van der Waals surface area contributed by atoms with Crippen LogP contribution in [0.2, 0.25) is 5.02 Å². The highest BCUT2D eigenvalue weighted by molar-refractivity contribution is 7.99. The number of aromatic nitrogens is 3. The summed E-state index contributed by atoms with van der Waals surface area (Å²) in [6.45, 7) is 4.35. The largest absolute Gasteiger partial charge is 0.494 e. The van der Waals surface area contributed by atoms with Gasteiger partial charge in [0.2, 0.25) is 6.54 Å². The maximum atomic E-state index is 11.6. The number of hydrogen-bond donors (Lipinski definition) is 0. The number of nitro groups is 1. The maximum absolute atomic E-state index is 11.6. The van der Waals surface area contributed by atoms with E-state index >= 15 is 0 Å². The lowest BCUT2D eigenvalue weighted by molar-refractivity contribution is -0.479. The van der Waals surface area contributed by atoms with Crippen molar-refractivity contribution in [2.24, 2.45) is 0 Å².